The molecule has 3 nitrogen and oxygen atoms in total. The Morgan fingerprint density at radius 2 is 1.23 bits per heavy atom. The van der Waals surface area contributed by atoms with E-state index < -0.39 is 0 Å². The standard InChI is InChI=1S/C30H20ClN3S/c31-24-18-16-22(17-19-24)27-28(23-12-6-2-7-13-23)33-34(25-14-8-3-9-15-25)29(27)30-32-26(20-35-30)21-10-4-1-5-11-21/h1-20H. The Hall–Kier alpha value is -3.99. The summed E-state index contributed by atoms with van der Waals surface area (Å²) in [5, 5.41) is 8.88. The Bertz CT molecular complexity index is 1570. The van der Waals surface area contributed by atoms with Crippen LogP contribution in [0.1, 0.15) is 0 Å². The van der Waals surface area contributed by atoms with Gasteiger partial charge in [0, 0.05) is 27.1 Å². The van der Waals surface area contributed by atoms with Crippen LogP contribution >= 0.6 is 22.9 Å². The molecule has 4 aromatic carbocycles. The van der Waals surface area contributed by atoms with Crippen molar-refractivity contribution in [1.29, 1.82) is 0 Å². The fourth-order valence-electron chi connectivity index (χ4n) is 4.18. The second kappa shape index (κ2) is 9.34. The molecule has 0 atom stereocenters. The maximum Gasteiger partial charge on any atom is 0.143 e. The van der Waals surface area contributed by atoms with Gasteiger partial charge in [0.1, 0.15) is 16.4 Å². The third-order valence-electron chi connectivity index (χ3n) is 5.84. The van der Waals surface area contributed by atoms with Gasteiger partial charge in [0.2, 0.25) is 0 Å². The molecule has 0 aliphatic carbocycles. The van der Waals surface area contributed by atoms with E-state index in [-0.39, 0.29) is 0 Å². The van der Waals surface area contributed by atoms with Crippen LogP contribution in [0.3, 0.4) is 0 Å². The summed E-state index contributed by atoms with van der Waals surface area (Å²) in [4.78, 5) is 5.08. The molecule has 0 aliphatic heterocycles. The number of aromatic nitrogens is 3. The van der Waals surface area contributed by atoms with Gasteiger partial charge in [-0.15, -0.1) is 11.3 Å². The van der Waals surface area contributed by atoms with Crippen LogP contribution < -0.4 is 0 Å². The van der Waals surface area contributed by atoms with Crippen molar-refractivity contribution in [2.75, 3.05) is 0 Å². The zero-order valence-electron chi connectivity index (χ0n) is 18.7. The summed E-state index contributed by atoms with van der Waals surface area (Å²) in [6.45, 7) is 0. The number of hydrogen-bond donors (Lipinski definition) is 0. The van der Waals surface area contributed by atoms with Crippen LogP contribution in [0.25, 0.3) is 50.0 Å². The molecule has 6 aromatic rings. The molecule has 35 heavy (non-hydrogen) atoms. The number of para-hydroxylation sites is 1. The molecule has 0 amide bonds. The number of hydrogen-bond acceptors (Lipinski definition) is 3. The predicted molar refractivity (Wildman–Crippen MR) is 146 cm³/mol. The minimum absolute atomic E-state index is 0.702. The Balaban J connectivity index is 1.65. The SMILES string of the molecule is Clc1ccc(-c2c(-c3ccccc3)nn(-c3ccccc3)c2-c2nc(-c3ccccc3)cs2)cc1. The van der Waals surface area contributed by atoms with Crippen LogP contribution in [0.15, 0.2) is 121 Å². The van der Waals surface area contributed by atoms with Crippen molar-refractivity contribution in [2.24, 2.45) is 0 Å². The van der Waals surface area contributed by atoms with E-state index in [1.165, 1.54) is 0 Å². The number of rotatable bonds is 5. The van der Waals surface area contributed by atoms with Crippen LogP contribution in [0.5, 0.6) is 0 Å². The molecular weight excluding hydrogens is 470 g/mol. The van der Waals surface area contributed by atoms with Crippen LogP contribution in [-0.2, 0) is 0 Å². The summed E-state index contributed by atoms with van der Waals surface area (Å²) in [5.74, 6) is 0. The van der Waals surface area contributed by atoms with Crippen LogP contribution in [0, 0.1) is 0 Å². The molecule has 0 saturated carbocycles. The molecule has 0 fully saturated rings. The number of benzene rings is 4. The zero-order valence-corrected chi connectivity index (χ0v) is 20.2. The smallest absolute Gasteiger partial charge is 0.143 e. The van der Waals surface area contributed by atoms with Gasteiger partial charge < -0.3 is 0 Å². The summed E-state index contributed by atoms with van der Waals surface area (Å²) in [6.07, 6.45) is 0. The summed E-state index contributed by atoms with van der Waals surface area (Å²) in [7, 11) is 0. The summed E-state index contributed by atoms with van der Waals surface area (Å²) in [6, 6.07) is 38.7. The maximum atomic E-state index is 6.25. The molecular formula is C30H20ClN3S. The fourth-order valence-corrected chi connectivity index (χ4v) is 5.17. The maximum absolute atomic E-state index is 6.25. The van der Waals surface area contributed by atoms with Crippen LogP contribution in [0.4, 0.5) is 0 Å². The van der Waals surface area contributed by atoms with E-state index in [4.69, 9.17) is 21.7 Å². The van der Waals surface area contributed by atoms with Gasteiger partial charge in [0.05, 0.1) is 11.4 Å². The highest BCUT2D eigenvalue weighted by Gasteiger charge is 2.25. The van der Waals surface area contributed by atoms with Crippen molar-refractivity contribution in [1.82, 2.24) is 14.8 Å². The Kier molecular flexibility index (Phi) is 5.75. The average molecular weight is 490 g/mol. The Morgan fingerprint density at radius 3 is 1.89 bits per heavy atom. The third-order valence-corrected chi connectivity index (χ3v) is 6.94. The molecule has 0 N–H and O–H groups in total. The molecule has 0 spiro atoms. The van der Waals surface area contributed by atoms with E-state index in [2.05, 4.69) is 53.9 Å². The van der Waals surface area contributed by atoms with Crippen molar-refractivity contribution >= 4 is 22.9 Å². The second-order valence-corrected chi connectivity index (χ2v) is 9.39. The minimum atomic E-state index is 0.702. The van der Waals surface area contributed by atoms with E-state index in [0.29, 0.717) is 5.02 Å². The highest BCUT2D eigenvalue weighted by atomic mass is 35.5. The Morgan fingerprint density at radius 1 is 0.629 bits per heavy atom. The minimum Gasteiger partial charge on any atom is -0.234 e. The predicted octanol–water partition coefficient (Wildman–Crippen LogP) is 8.65. The lowest BCUT2D eigenvalue weighted by molar-refractivity contribution is 0.891. The quantitative estimate of drug-likeness (QED) is 0.242. The van der Waals surface area contributed by atoms with Crippen LogP contribution in [0.2, 0.25) is 5.02 Å². The first-order chi connectivity index (χ1) is 17.3. The monoisotopic (exact) mass is 489 g/mol. The van der Waals surface area contributed by atoms with Crippen molar-refractivity contribution < 1.29 is 0 Å². The fraction of sp³-hybridized carbons (Fsp3) is 0. The average Bonchev–Trinajstić information content (AvgIpc) is 3.56. The molecule has 5 heteroatoms. The van der Waals surface area contributed by atoms with Gasteiger partial charge in [-0.3, -0.25) is 0 Å². The molecule has 2 aromatic heterocycles. The number of thiazole rings is 1. The van der Waals surface area contributed by atoms with Crippen molar-refractivity contribution in [3.8, 4) is 50.0 Å². The first kappa shape index (κ1) is 21.5. The summed E-state index contributed by atoms with van der Waals surface area (Å²) in [5.41, 5.74) is 8.02. The lowest BCUT2D eigenvalue weighted by Crippen LogP contribution is -1.99. The van der Waals surface area contributed by atoms with Gasteiger partial charge in [-0.25, -0.2) is 9.67 Å². The van der Waals surface area contributed by atoms with Crippen molar-refractivity contribution in [3.05, 3.63) is 126 Å². The molecule has 0 aliphatic rings. The molecule has 168 valence electrons. The topological polar surface area (TPSA) is 30.7 Å². The van der Waals surface area contributed by atoms with Gasteiger partial charge in [-0.05, 0) is 29.8 Å². The van der Waals surface area contributed by atoms with Gasteiger partial charge >= 0.3 is 0 Å². The van der Waals surface area contributed by atoms with Gasteiger partial charge in [-0.2, -0.15) is 5.10 Å². The first-order valence-corrected chi connectivity index (χ1v) is 12.5. The van der Waals surface area contributed by atoms with Crippen molar-refractivity contribution in [3.63, 3.8) is 0 Å². The lowest BCUT2D eigenvalue weighted by atomic mass is 9.99. The Labute approximate surface area is 212 Å². The number of halogens is 1. The van der Waals surface area contributed by atoms with Gasteiger partial charge in [-0.1, -0.05) is 103 Å². The first-order valence-electron chi connectivity index (χ1n) is 11.3. The van der Waals surface area contributed by atoms with E-state index in [1.54, 1.807) is 11.3 Å². The largest absolute Gasteiger partial charge is 0.234 e. The molecule has 0 radical (unpaired) electrons. The summed E-state index contributed by atoms with van der Waals surface area (Å²) >= 11 is 7.88. The molecule has 0 bridgehead atoms. The van der Waals surface area contributed by atoms with E-state index >= 15 is 0 Å². The summed E-state index contributed by atoms with van der Waals surface area (Å²) < 4.78 is 2.01. The van der Waals surface area contributed by atoms with Crippen molar-refractivity contribution in [2.45, 2.75) is 0 Å². The molecule has 6 rings (SSSR count). The molecule has 0 unspecified atom stereocenters. The lowest BCUT2D eigenvalue weighted by Gasteiger charge is -2.08. The van der Waals surface area contributed by atoms with E-state index in [0.717, 1.165) is 50.0 Å². The third kappa shape index (κ3) is 4.18. The van der Waals surface area contributed by atoms with E-state index in [1.807, 2.05) is 71.4 Å². The highest BCUT2D eigenvalue weighted by Crippen LogP contribution is 2.43. The normalized spacial score (nSPS) is 11.0. The second-order valence-electron chi connectivity index (χ2n) is 8.10. The molecule has 0 saturated heterocycles. The number of nitrogens with zero attached hydrogens (tertiary/aromatic N) is 3. The highest BCUT2D eigenvalue weighted by molar-refractivity contribution is 7.13. The zero-order chi connectivity index (χ0) is 23.6. The van der Waals surface area contributed by atoms with Gasteiger partial charge in [0.15, 0.2) is 0 Å². The van der Waals surface area contributed by atoms with Crippen LogP contribution in [-0.4, -0.2) is 14.8 Å². The van der Waals surface area contributed by atoms with Gasteiger partial charge in [0.25, 0.3) is 0 Å². The molecule has 2 heterocycles. The van der Waals surface area contributed by atoms with E-state index in [9.17, 15) is 0 Å².